The minimum atomic E-state index is 0.298. The Hall–Kier alpha value is -0.910. The topological polar surface area (TPSA) is 35.6 Å². The van der Waals surface area contributed by atoms with Gasteiger partial charge in [0.05, 0.1) is 12.6 Å². The highest BCUT2D eigenvalue weighted by Gasteiger charge is 2.31. The second-order valence-electron chi connectivity index (χ2n) is 6.16. The average molecular weight is 307 g/mol. The van der Waals surface area contributed by atoms with Crippen LogP contribution in [0.2, 0.25) is 0 Å². The molecule has 2 fully saturated rings. The first kappa shape index (κ1) is 15.0. The summed E-state index contributed by atoms with van der Waals surface area (Å²) in [5, 5.41) is 5.49. The number of piperidine rings is 1. The first-order chi connectivity index (χ1) is 10.3. The fraction of sp³-hybridized carbons (Fsp3) is 0.688. The third-order valence-corrected chi connectivity index (χ3v) is 5.73. The van der Waals surface area contributed by atoms with Gasteiger partial charge in [-0.25, -0.2) is 0 Å². The first-order valence-electron chi connectivity index (χ1n) is 7.99. The molecular formula is C16H25N3OS. The number of nitrogens with zero attached hydrogens (tertiary/aromatic N) is 2. The van der Waals surface area contributed by atoms with Gasteiger partial charge in [-0.15, -0.1) is 11.3 Å². The molecule has 0 bridgehead atoms. The molecule has 116 valence electrons. The van der Waals surface area contributed by atoms with Gasteiger partial charge in [-0.1, -0.05) is 6.07 Å². The molecule has 3 rings (SSSR count). The third-order valence-electron chi connectivity index (χ3n) is 4.76. The lowest BCUT2D eigenvalue weighted by molar-refractivity contribution is -0.133. The Morgan fingerprint density at radius 1 is 1.43 bits per heavy atom. The number of hydrogen-bond acceptors (Lipinski definition) is 4. The molecule has 2 aliphatic heterocycles. The molecule has 1 aromatic rings. The van der Waals surface area contributed by atoms with E-state index in [-0.39, 0.29) is 0 Å². The van der Waals surface area contributed by atoms with Gasteiger partial charge in [0, 0.05) is 17.5 Å². The lowest BCUT2D eigenvalue weighted by Crippen LogP contribution is -2.46. The monoisotopic (exact) mass is 307 g/mol. The van der Waals surface area contributed by atoms with Gasteiger partial charge < -0.3 is 10.2 Å². The predicted molar refractivity (Wildman–Crippen MR) is 86.5 cm³/mol. The van der Waals surface area contributed by atoms with Gasteiger partial charge in [-0.3, -0.25) is 9.69 Å². The molecule has 2 aliphatic rings. The van der Waals surface area contributed by atoms with Crippen LogP contribution in [0.15, 0.2) is 17.5 Å². The van der Waals surface area contributed by atoms with Crippen molar-refractivity contribution in [3.05, 3.63) is 22.4 Å². The van der Waals surface area contributed by atoms with Crippen LogP contribution in [0.4, 0.5) is 0 Å². The maximum absolute atomic E-state index is 12.7. The molecule has 1 aromatic heterocycles. The van der Waals surface area contributed by atoms with Crippen LogP contribution in [0, 0.1) is 0 Å². The molecular weight excluding hydrogens is 282 g/mol. The average Bonchev–Trinajstić information content (AvgIpc) is 3.18. The second-order valence-corrected chi connectivity index (χ2v) is 7.14. The number of likely N-dealkylation sites (tertiary alicyclic amines) is 1. The molecule has 1 atom stereocenters. The van der Waals surface area contributed by atoms with Gasteiger partial charge in [-0.2, -0.15) is 0 Å². The molecule has 2 saturated heterocycles. The Labute approximate surface area is 131 Å². The SMILES string of the molecule is CN(CC(=O)N1CCCC1c1cccs1)C1CCNCC1. The number of carbonyl (C=O) groups excluding carboxylic acids is 1. The standard InChI is InChI=1S/C16H25N3OS/c1-18(13-6-8-17-9-7-13)12-16(20)19-10-2-4-14(19)15-5-3-11-21-15/h3,5,11,13-14,17H,2,4,6-10,12H2,1H3. The molecule has 1 N–H and O–H groups in total. The fourth-order valence-electron chi connectivity index (χ4n) is 3.52. The number of nitrogens with one attached hydrogen (secondary N) is 1. The van der Waals surface area contributed by atoms with Crippen LogP contribution in [0.3, 0.4) is 0 Å². The minimum Gasteiger partial charge on any atom is -0.334 e. The molecule has 0 saturated carbocycles. The van der Waals surface area contributed by atoms with E-state index in [0.29, 0.717) is 24.5 Å². The molecule has 1 amide bonds. The maximum atomic E-state index is 12.7. The molecule has 4 nitrogen and oxygen atoms in total. The van der Waals surface area contributed by atoms with Gasteiger partial charge in [0.25, 0.3) is 0 Å². The maximum Gasteiger partial charge on any atom is 0.237 e. The summed E-state index contributed by atoms with van der Waals surface area (Å²) in [5.74, 6) is 0.298. The molecule has 0 aliphatic carbocycles. The van der Waals surface area contributed by atoms with E-state index in [2.05, 4.69) is 39.7 Å². The van der Waals surface area contributed by atoms with Crippen LogP contribution in [0.25, 0.3) is 0 Å². The fourth-order valence-corrected chi connectivity index (χ4v) is 4.40. The van der Waals surface area contributed by atoms with Crippen molar-refractivity contribution in [3.63, 3.8) is 0 Å². The summed E-state index contributed by atoms with van der Waals surface area (Å²) in [6.07, 6.45) is 4.55. The minimum absolute atomic E-state index is 0.298. The van der Waals surface area contributed by atoms with Crippen molar-refractivity contribution in [3.8, 4) is 0 Å². The Morgan fingerprint density at radius 2 is 2.24 bits per heavy atom. The molecule has 0 radical (unpaired) electrons. The summed E-state index contributed by atoms with van der Waals surface area (Å²) in [4.78, 5) is 18.4. The lowest BCUT2D eigenvalue weighted by Gasteiger charge is -2.33. The van der Waals surface area contributed by atoms with Crippen LogP contribution in [0.1, 0.15) is 36.6 Å². The van der Waals surface area contributed by atoms with E-state index in [4.69, 9.17) is 0 Å². The molecule has 5 heteroatoms. The zero-order valence-electron chi connectivity index (χ0n) is 12.8. The van der Waals surface area contributed by atoms with Gasteiger partial charge in [0.2, 0.25) is 5.91 Å². The Kier molecular flexibility index (Phi) is 4.93. The van der Waals surface area contributed by atoms with Crippen LogP contribution in [-0.2, 0) is 4.79 Å². The number of amides is 1. The number of likely N-dealkylation sites (N-methyl/N-ethyl adjacent to an activating group) is 1. The van der Waals surface area contributed by atoms with Gasteiger partial charge in [0.15, 0.2) is 0 Å². The van der Waals surface area contributed by atoms with E-state index in [0.717, 1.165) is 45.3 Å². The molecule has 1 unspecified atom stereocenters. The Bertz CT molecular complexity index is 456. The first-order valence-corrected chi connectivity index (χ1v) is 8.87. The van der Waals surface area contributed by atoms with Crippen LogP contribution in [-0.4, -0.2) is 55.0 Å². The predicted octanol–water partition coefficient (Wildman–Crippen LogP) is 2.10. The summed E-state index contributed by atoms with van der Waals surface area (Å²) in [5.41, 5.74) is 0. The number of hydrogen-bond donors (Lipinski definition) is 1. The van der Waals surface area contributed by atoms with Crippen molar-refractivity contribution >= 4 is 17.2 Å². The van der Waals surface area contributed by atoms with Crippen LogP contribution in [0.5, 0.6) is 0 Å². The van der Waals surface area contributed by atoms with E-state index in [1.807, 2.05) is 0 Å². The normalized spacial score (nSPS) is 23.9. The van der Waals surface area contributed by atoms with Crippen molar-refractivity contribution < 1.29 is 4.79 Å². The van der Waals surface area contributed by atoms with Crippen molar-refractivity contribution in [2.45, 2.75) is 37.8 Å². The Morgan fingerprint density at radius 3 is 2.95 bits per heavy atom. The van der Waals surface area contributed by atoms with Crippen molar-refractivity contribution in [1.82, 2.24) is 15.1 Å². The van der Waals surface area contributed by atoms with Crippen molar-refractivity contribution in [1.29, 1.82) is 0 Å². The van der Waals surface area contributed by atoms with Crippen molar-refractivity contribution in [2.24, 2.45) is 0 Å². The molecule has 0 spiro atoms. The van der Waals surface area contributed by atoms with Crippen molar-refractivity contribution in [2.75, 3.05) is 33.2 Å². The van der Waals surface area contributed by atoms with E-state index in [9.17, 15) is 4.79 Å². The van der Waals surface area contributed by atoms with Gasteiger partial charge in [-0.05, 0) is 57.3 Å². The summed E-state index contributed by atoms with van der Waals surface area (Å²) in [6, 6.07) is 5.12. The smallest absolute Gasteiger partial charge is 0.237 e. The summed E-state index contributed by atoms with van der Waals surface area (Å²) in [6.45, 7) is 3.63. The number of rotatable bonds is 4. The number of carbonyl (C=O) groups is 1. The third kappa shape index (κ3) is 3.47. The summed E-state index contributed by atoms with van der Waals surface area (Å²) < 4.78 is 0. The highest BCUT2D eigenvalue weighted by molar-refractivity contribution is 7.10. The largest absolute Gasteiger partial charge is 0.334 e. The molecule has 3 heterocycles. The van der Waals surface area contributed by atoms with Gasteiger partial charge >= 0.3 is 0 Å². The van der Waals surface area contributed by atoms with Crippen LogP contribution >= 0.6 is 11.3 Å². The summed E-state index contributed by atoms with van der Waals surface area (Å²) in [7, 11) is 2.10. The van der Waals surface area contributed by atoms with E-state index >= 15 is 0 Å². The van der Waals surface area contributed by atoms with Crippen LogP contribution < -0.4 is 5.32 Å². The molecule has 21 heavy (non-hydrogen) atoms. The lowest BCUT2D eigenvalue weighted by atomic mass is 10.1. The second kappa shape index (κ2) is 6.90. The Balaban J connectivity index is 1.59. The van der Waals surface area contributed by atoms with E-state index in [1.54, 1.807) is 11.3 Å². The van der Waals surface area contributed by atoms with E-state index in [1.165, 1.54) is 4.88 Å². The zero-order chi connectivity index (χ0) is 14.7. The highest BCUT2D eigenvalue weighted by Crippen LogP contribution is 2.34. The molecule has 0 aromatic carbocycles. The quantitative estimate of drug-likeness (QED) is 0.925. The zero-order valence-corrected chi connectivity index (χ0v) is 13.6. The van der Waals surface area contributed by atoms with E-state index < -0.39 is 0 Å². The van der Waals surface area contributed by atoms with Gasteiger partial charge in [0.1, 0.15) is 0 Å². The number of thiophene rings is 1. The summed E-state index contributed by atoms with van der Waals surface area (Å²) >= 11 is 1.77. The highest BCUT2D eigenvalue weighted by atomic mass is 32.1.